The lowest BCUT2D eigenvalue weighted by molar-refractivity contribution is 0.0377. The van der Waals surface area contributed by atoms with Gasteiger partial charge in [-0.05, 0) is 32.0 Å². The van der Waals surface area contributed by atoms with Crippen molar-refractivity contribution in [2.75, 3.05) is 7.11 Å². The van der Waals surface area contributed by atoms with Crippen molar-refractivity contribution in [3.8, 4) is 11.5 Å². The monoisotopic (exact) mass is 210 g/mol. The van der Waals surface area contributed by atoms with Gasteiger partial charge in [-0.15, -0.1) is 0 Å². The summed E-state index contributed by atoms with van der Waals surface area (Å²) in [6.07, 6.45) is -0.169. The summed E-state index contributed by atoms with van der Waals surface area (Å²) >= 11 is 0. The van der Waals surface area contributed by atoms with E-state index >= 15 is 0 Å². The first-order valence-corrected chi connectivity index (χ1v) is 4.62. The highest BCUT2D eigenvalue weighted by atomic mass is 16.5. The van der Waals surface area contributed by atoms with Crippen LogP contribution in [-0.2, 0) is 4.74 Å². The van der Waals surface area contributed by atoms with Crippen LogP contribution < -0.4 is 4.74 Å². The molecule has 0 aliphatic heterocycles. The van der Waals surface area contributed by atoms with Crippen molar-refractivity contribution in [1.82, 2.24) is 0 Å². The molecule has 0 unspecified atom stereocenters. The summed E-state index contributed by atoms with van der Waals surface area (Å²) in [7, 11) is 1.42. The zero-order valence-corrected chi connectivity index (χ0v) is 8.98. The lowest BCUT2D eigenvalue weighted by atomic mass is 10.2. The van der Waals surface area contributed by atoms with Crippen LogP contribution in [0.2, 0.25) is 0 Å². The van der Waals surface area contributed by atoms with Gasteiger partial charge in [0.25, 0.3) is 0 Å². The molecule has 0 fully saturated rings. The average Bonchev–Trinajstić information content (AvgIpc) is 2.17. The van der Waals surface area contributed by atoms with Crippen molar-refractivity contribution >= 4 is 5.97 Å². The number of ether oxygens (including phenoxy) is 2. The van der Waals surface area contributed by atoms with Crippen LogP contribution in [-0.4, -0.2) is 24.3 Å². The molecule has 1 N–H and O–H groups in total. The molecule has 0 radical (unpaired) electrons. The summed E-state index contributed by atoms with van der Waals surface area (Å²) < 4.78 is 9.88. The van der Waals surface area contributed by atoms with Gasteiger partial charge in [0.1, 0.15) is 0 Å². The van der Waals surface area contributed by atoms with Gasteiger partial charge in [0.2, 0.25) is 0 Å². The van der Waals surface area contributed by atoms with Crippen LogP contribution in [0.15, 0.2) is 18.2 Å². The molecule has 1 aromatic carbocycles. The molecule has 0 saturated carbocycles. The van der Waals surface area contributed by atoms with Crippen molar-refractivity contribution in [2.45, 2.75) is 20.0 Å². The third-order valence-corrected chi connectivity index (χ3v) is 1.76. The van der Waals surface area contributed by atoms with E-state index in [4.69, 9.17) is 9.47 Å². The number of phenols is 1. The highest BCUT2D eigenvalue weighted by Crippen LogP contribution is 2.26. The van der Waals surface area contributed by atoms with E-state index in [1.165, 1.54) is 25.3 Å². The molecule has 0 aliphatic rings. The molecular weight excluding hydrogens is 196 g/mol. The summed E-state index contributed by atoms with van der Waals surface area (Å²) in [5.74, 6) is -0.171. The molecule has 0 aromatic heterocycles. The summed E-state index contributed by atoms with van der Waals surface area (Å²) in [6, 6.07) is 4.33. The van der Waals surface area contributed by atoms with Gasteiger partial charge >= 0.3 is 5.97 Å². The molecule has 0 saturated heterocycles. The van der Waals surface area contributed by atoms with Crippen LogP contribution >= 0.6 is 0 Å². The third kappa shape index (κ3) is 2.87. The summed E-state index contributed by atoms with van der Waals surface area (Å²) in [5.41, 5.74) is 0.360. The van der Waals surface area contributed by atoms with Crippen molar-refractivity contribution in [2.24, 2.45) is 0 Å². The van der Waals surface area contributed by atoms with E-state index in [2.05, 4.69) is 0 Å². The van der Waals surface area contributed by atoms with Crippen LogP contribution in [0.4, 0.5) is 0 Å². The zero-order valence-electron chi connectivity index (χ0n) is 8.98. The molecular formula is C11H14O4. The van der Waals surface area contributed by atoms with E-state index in [9.17, 15) is 9.90 Å². The highest BCUT2D eigenvalue weighted by Gasteiger charge is 2.11. The maximum absolute atomic E-state index is 11.5. The Hall–Kier alpha value is -1.71. The fourth-order valence-electron chi connectivity index (χ4n) is 1.09. The summed E-state index contributed by atoms with van der Waals surface area (Å²) in [5, 5.41) is 9.32. The molecule has 0 heterocycles. The maximum atomic E-state index is 11.5. The number of benzene rings is 1. The predicted octanol–water partition coefficient (Wildman–Crippen LogP) is 1.97. The van der Waals surface area contributed by atoms with Crippen LogP contribution in [0.1, 0.15) is 24.2 Å². The lowest BCUT2D eigenvalue weighted by Crippen LogP contribution is -2.11. The van der Waals surface area contributed by atoms with Crippen molar-refractivity contribution in [3.05, 3.63) is 23.8 Å². The Labute approximate surface area is 88.4 Å². The van der Waals surface area contributed by atoms with Crippen LogP contribution in [0.25, 0.3) is 0 Å². The third-order valence-electron chi connectivity index (χ3n) is 1.76. The number of aromatic hydroxyl groups is 1. The highest BCUT2D eigenvalue weighted by molar-refractivity contribution is 5.90. The van der Waals surface area contributed by atoms with Crippen molar-refractivity contribution in [3.63, 3.8) is 0 Å². The standard InChI is InChI=1S/C11H14O4/c1-7(2)15-11(13)8-4-5-9(12)10(6-8)14-3/h4-7,12H,1-3H3. The minimum absolute atomic E-state index is 0.00130. The Balaban J connectivity index is 2.91. The quantitative estimate of drug-likeness (QED) is 0.775. The minimum Gasteiger partial charge on any atom is -0.504 e. The van der Waals surface area contributed by atoms with Gasteiger partial charge in [0.05, 0.1) is 18.8 Å². The zero-order chi connectivity index (χ0) is 11.4. The van der Waals surface area contributed by atoms with Gasteiger partial charge in [-0.3, -0.25) is 0 Å². The second-order valence-corrected chi connectivity index (χ2v) is 3.34. The Bertz CT molecular complexity index is 358. The van der Waals surface area contributed by atoms with Crippen LogP contribution in [0.5, 0.6) is 11.5 Å². The SMILES string of the molecule is COc1cc(C(=O)OC(C)C)ccc1O. The first-order valence-electron chi connectivity index (χ1n) is 4.62. The van der Waals surface area contributed by atoms with Gasteiger partial charge in [-0.25, -0.2) is 4.79 Å². The summed E-state index contributed by atoms with van der Waals surface area (Å²) in [4.78, 5) is 11.5. The molecule has 0 amide bonds. The molecule has 1 rings (SSSR count). The molecule has 0 atom stereocenters. The van der Waals surface area contributed by atoms with Crippen molar-refractivity contribution < 1.29 is 19.4 Å². The van der Waals surface area contributed by atoms with E-state index in [1.807, 2.05) is 0 Å². The van der Waals surface area contributed by atoms with Gasteiger partial charge in [0.15, 0.2) is 11.5 Å². The number of rotatable bonds is 3. The Kier molecular flexibility index (Phi) is 3.55. The molecule has 1 aromatic rings. The number of esters is 1. The minimum atomic E-state index is -0.427. The number of methoxy groups -OCH3 is 1. The van der Waals surface area contributed by atoms with E-state index in [-0.39, 0.29) is 17.6 Å². The molecule has 4 nitrogen and oxygen atoms in total. The van der Waals surface area contributed by atoms with E-state index in [1.54, 1.807) is 13.8 Å². The normalized spacial score (nSPS) is 10.1. The Morgan fingerprint density at radius 1 is 1.40 bits per heavy atom. The molecule has 15 heavy (non-hydrogen) atoms. The van der Waals surface area contributed by atoms with Gasteiger partial charge in [-0.2, -0.15) is 0 Å². The number of hydrogen-bond acceptors (Lipinski definition) is 4. The first kappa shape index (κ1) is 11.4. The molecule has 82 valence electrons. The smallest absolute Gasteiger partial charge is 0.338 e. The van der Waals surface area contributed by atoms with Crippen LogP contribution in [0, 0.1) is 0 Å². The van der Waals surface area contributed by atoms with Gasteiger partial charge in [0, 0.05) is 0 Å². The number of carbonyl (C=O) groups excluding carboxylic acids is 1. The van der Waals surface area contributed by atoms with E-state index < -0.39 is 5.97 Å². The molecule has 4 heteroatoms. The van der Waals surface area contributed by atoms with Gasteiger partial charge in [-0.1, -0.05) is 0 Å². The van der Waals surface area contributed by atoms with E-state index in [0.29, 0.717) is 5.56 Å². The fraction of sp³-hybridized carbons (Fsp3) is 0.364. The van der Waals surface area contributed by atoms with Crippen LogP contribution in [0.3, 0.4) is 0 Å². The lowest BCUT2D eigenvalue weighted by Gasteiger charge is -2.09. The largest absolute Gasteiger partial charge is 0.504 e. The summed E-state index contributed by atoms with van der Waals surface area (Å²) in [6.45, 7) is 3.55. The second-order valence-electron chi connectivity index (χ2n) is 3.34. The Morgan fingerprint density at radius 2 is 2.07 bits per heavy atom. The topological polar surface area (TPSA) is 55.8 Å². The maximum Gasteiger partial charge on any atom is 0.338 e. The number of hydrogen-bond donors (Lipinski definition) is 1. The number of carbonyl (C=O) groups is 1. The van der Waals surface area contributed by atoms with Crippen molar-refractivity contribution in [1.29, 1.82) is 0 Å². The molecule has 0 spiro atoms. The fourth-order valence-corrected chi connectivity index (χ4v) is 1.09. The molecule has 0 bridgehead atoms. The Morgan fingerprint density at radius 3 is 2.60 bits per heavy atom. The van der Waals surface area contributed by atoms with Gasteiger partial charge < -0.3 is 14.6 Å². The first-order chi connectivity index (χ1) is 7.04. The van der Waals surface area contributed by atoms with E-state index in [0.717, 1.165) is 0 Å². The predicted molar refractivity (Wildman–Crippen MR) is 55.2 cm³/mol. The molecule has 0 aliphatic carbocycles. The second kappa shape index (κ2) is 4.68. The number of phenolic OH excluding ortho intramolecular Hbond substituents is 1. The average molecular weight is 210 g/mol.